The summed E-state index contributed by atoms with van der Waals surface area (Å²) in [5, 5.41) is 8.90. The van der Waals surface area contributed by atoms with Gasteiger partial charge in [0.05, 0.1) is 13.2 Å². The van der Waals surface area contributed by atoms with E-state index in [0.29, 0.717) is 12.4 Å². The molecule has 0 spiro atoms. The van der Waals surface area contributed by atoms with Gasteiger partial charge in [0, 0.05) is 6.07 Å². The number of ether oxygens (including phenoxy) is 2. The van der Waals surface area contributed by atoms with Crippen molar-refractivity contribution < 1.29 is 19.4 Å². The third-order valence-corrected chi connectivity index (χ3v) is 3.32. The van der Waals surface area contributed by atoms with Crippen LogP contribution in [0, 0.1) is 0 Å². The van der Waals surface area contributed by atoms with Crippen LogP contribution in [0.15, 0.2) is 41.2 Å². The van der Waals surface area contributed by atoms with Crippen LogP contribution in [0.5, 0.6) is 0 Å². The molecule has 7 nitrogen and oxygen atoms in total. The van der Waals surface area contributed by atoms with E-state index in [1.165, 1.54) is 4.57 Å². The molecule has 114 valence electrons. The molecule has 1 aliphatic rings. The Bertz CT molecular complexity index is 741. The van der Waals surface area contributed by atoms with E-state index in [1.54, 1.807) is 0 Å². The van der Waals surface area contributed by atoms with Crippen molar-refractivity contribution in [1.82, 2.24) is 9.55 Å². The van der Waals surface area contributed by atoms with Gasteiger partial charge in [-0.05, 0) is 5.56 Å². The third-order valence-electron chi connectivity index (χ3n) is 3.32. The first kappa shape index (κ1) is 14.4. The SMILES string of the molecule is O=C(O)c1cc(=O)n2c(n1)COC(OCc1ccccc1)C2. The highest BCUT2D eigenvalue weighted by Gasteiger charge is 2.23. The number of nitrogens with zero attached hydrogens (tertiary/aromatic N) is 2. The zero-order valence-corrected chi connectivity index (χ0v) is 11.6. The van der Waals surface area contributed by atoms with Crippen LogP contribution in [0.1, 0.15) is 21.9 Å². The molecule has 0 fully saturated rings. The molecule has 1 unspecified atom stereocenters. The van der Waals surface area contributed by atoms with Crippen LogP contribution in [0.4, 0.5) is 0 Å². The number of fused-ring (bicyclic) bond motifs is 1. The molecular formula is C15H14N2O5. The van der Waals surface area contributed by atoms with Gasteiger partial charge in [-0.25, -0.2) is 9.78 Å². The summed E-state index contributed by atoms with van der Waals surface area (Å²) >= 11 is 0. The zero-order valence-electron chi connectivity index (χ0n) is 11.6. The highest BCUT2D eigenvalue weighted by molar-refractivity contribution is 5.85. The quantitative estimate of drug-likeness (QED) is 0.906. The maximum Gasteiger partial charge on any atom is 0.354 e. The molecule has 7 heteroatoms. The number of rotatable bonds is 4. The maximum absolute atomic E-state index is 12.0. The summed E-state index contributed by atoms with van der Waals surface area (Å²) in [7, 11) is 0. The van der Waals surface area contributed by atoms with Crippen LogP contribution in [0.3, 0.4) is 0 Å². The van der Waals surface area contributed by atoms with Crippen molar-refractivity contribution in [3.8, 4) is 0 Å². The Morgan fingerprint density at radius 1 is 1.41 bits per heavy atom. The van der Waals surface area contributed by atoms with E-state index in [2.05, 4.69) is 4.98 Å². The van der Waals surface area contributed by atoms with Gasteiger partial charge in [-0.3, -0.25) is 9.36 Å². The van der Waals surface area contributed by atoms with Crippen LogP contribution in [0.25, 0.3) is 0 Å². The smallest absolute Gasteiger partial charge is 0.354 e. The van der Waals surface area contributed by atoms with Crippen LogP contribution in [-0.4, -0.2) is 26.9 Å². The molecule has 0 amide bonds. The van der Waals surface area contributed by atoms with Gasteiger partial charge in [-0.1, -0.05) is 30.3 Å². The molecule has 1 aromatic heterocycles. The molecule has 1 atom stereocenters. The Balaban J connectivity index is 1.71. The topological polar surface area (TPSA) is 90.7 Å². The number of benzene rings is 1. The minimum atomic E-state index is -1.23. The molecule has 22 heavy (non-hydrogen) atoms. The molecule has 1 N–H and O–H groups in total. The number of carboxylic acid groups (broad SMARTS) is 1. The van der Waals surface area contributed by atoms with Gasteiger partial charge in [-0.15, -0.1) is 0 Å². The monoisotopic (exact) mass is 302 g/mol. The van der Waals surface area contributed by atoms with E-state index in [4.69, 9.17) is 14.6 Å². The lowest BCUT2D eigenvalue weighted by molar-refractivity contribution is -0.178. The summed E-state index contributed by atoms with van der Waals surface area (Å²) in [6.07, 6.45) is -0.567. The van der Waals surface area contributed by atoms with Gasteiger partial charge in [-0.2, -0.15) is 0 Å². The molecule has 0 saturated heterocycles. The van der Waals surface area contributed by atoms with Crippen molar-refractivity contribution in [2.24, 2.45) is 0 Å². The van der Waals surface area contributed by atoms with Crippen LogP contribution < -0.4 is 5.56 Å². The second-order valence-corrected chi connectivity index (χ2v) is 4.85. The summed E-state index contributed by atoms with van der Waals surface area (Å²) in [5.74, 6) is -0.938. The molecule has 0 saturated carbocycles. The summed E-state index contributed by atoms with van der Waals surface area (Å²) < 4.78 is 12.5. The molecular weight excluding hydrogens is 288 g/mol. The van der Waals surface area contributed by atoms with Crippen molar-refractivity contribution in [3.05, 3.63) is 63.8 Å². The van der Waals surface area contributed by atoms with E-state index in [-0.39, 0.29) is 18.8 Å². The Labute approximate surface area is 125 Å². The molecule has 1 aliphatic heterocycles. The Morgan fingerprint density at radius 2 is 2.18 bits per heavy atom. The number of aromatic carboxylic acids is 1. The minimum Gasteiger partial charge on any atom is -0.477 e. The molecule has 0 radical (unpaired) electrons. The first-order valence-electron chi connectivity index (χ1n) is 6.74. The van der Waals surface area contributed by atoms with Crippen molar-refractivity contribution in [2.75, 3.05) is 0 Å². The van der Waals surface area contributed by atoms with Gasteiger partial charge in [0.1, 0.15) is 12.4 Å². The Morgan fingerprint density at radius 3 is 2.91 bits per heavy atom. The fourth-order valence-electron chi connectivity index (χ4n) is 2.20. The summed E-state index contributed by atoms with van der Waals surface area (Å²) in [6.45, 7) is 0.597. The van der Waals surface area contributed by atoms with Crippen LogP contribution in [-0.2, 0) is 29.2 Å². The Hall–Kier alpha value is -2.51. The average Bonchev–Trinajstić information content (AvgIpc) is 2.54. The number of aromatic nitrogens is 2. The largest absolute Gasteiger partial charge is 0.477 e. The van der Waals surface area contributed by atoms with E-state index in [1.807, 2.05) is 30.3 Å². The summed E-state index contributed by atoms with van der Waals surface area (Å²) in [6, 6.07) is 10.6. The fourth-order valence-corrected chi connectivity index (χ4v) is 2.20. The zero-order chi connectivity index (χ0) is 15.5. The van der Waals surface area contributed by atoms with Gasteiger partial charge >= 0.3 is 5.97 Å². The number of hydrogen-bond donors (Lipinski definition) is 1. The predicted octanol–water partition coefficient (Wildman–Crippen LogP) is 1.01. The van der Waals surface area contributed by atoms with E-state index in [9.17, 15) is 9.59 Å². The molecule has 0 bridgehead atoms. The van der Waals surface area contributed by atoms with Gasteiger partial charge in [0.15, 0.2) is 12.0 Å². The second-order valence-electron chi connectivity index (χ2n) is 4.85. The van der Waals surface area contributed by atoms with Crippen molar-refractivity contribution in [1.29, 1.82) is 0 Å². The lowest BCUT2D eigenvalue weighted by Gasteiger charge is -2.26. The van der Waals surface area contributed by atoms with E-state index >= 15 is 0 Å². The number of hydrogen-bond acceptors (Lipinski definition) is 5. The molecule has 3 rings (SSSR count). The lowest BCUT2D eigenvalue weighted by atomic mass is 10.2. The third kappa shape index (κ3) is 3.05. The predicted molar refractivity (Wildman–Crippen MR) is 75.3 cm³/mol. The highest BCUT2D eigenvalue weighted by atomic mass is 16.7. The normalized spacial score (nSPS) is 17.0. The van der Waals surface area contributed by atoms with Gasteiger partial charge in [0.2, 0.25) is 0 Å². The minimum absolute atomic E-state index is 0.0375. The fraction of sp³-hybridized carbons (Fsp3) is 0.267. The van der Waals surface area contributed by atoms with E-state index in [0.717, 1.165) is 11.6 Å². The second kappa shape index (κ2) is 6.08. The van der Waals surface area contributed by atoms with Crippen molar-refractivity contribution in [3.63, 3.8) is 0 Å². The lowest BCUT2D eigenvalue weighted by Crippen LogP contribution is -2.38. The number of carbonyl (C=O) groups is 1. The highest BCUT2D eigenvalue weighted by Crippen LogP contribution is 2.13. The van der Waals surface area contributed by atoms with Gasteiger partial charge < -0.3 is 14.6 Å². The number of carboxylic acids is 1. The first-order chi connectivity index (χ1) is 10.6. The average molecular weight is 302 g/mol. The van der Waals surface area contributed by atoms with E-state index < -0.39 is 17.8 Å². The standard InChI is InChI=1S/C15H14N2O5/c18-13-6-11(15(19)20)16-12-9-22-14(7-17(12)13)21-8-10-4-2-1-3-5-10/h1-6,14H,7-9H2,(H,19,20). The molecule has 0 aliphatic carbocycles. The molecule has 2 heterocycles. The first-order valence-corrected chi connectivity index (χ1v) is 6.74. The van der Waals surface area contributed by atoms with Gasteiger partial charge in [0.25, 0.3) is 5.56 Å². The summed E-state index contributed by atoms with van der Waals surface area (Å²) in [5.41, 5.74) is 0.311. The molecule has 1 aromatic carbocycles. The van der Waals surface area contributed by atoms with Crippen LogP contribution in [0.2, 0.25) is 0 Å². The Kier molecular flexibility index (Phi) is 3.99. The molecule has 2 aromatic rings. The van der Waals surface area contributed by atoms with Crippen molar-refractivity contribution >= 4 is 5.97 Å². The van der Waals surface area contributed by atoms with Crippen LogP contribution >= 0.6 is 0 Å². The summed E-state index contributed by atoms with van der Waals surface area (Å²) in [4.78, 5) is 26.8. The van der Waals surface area contributed by atoms with Crippen molar-refractivity contribution in [2.45, 2.75) is 26.0 Å². The maximum atomic E-state index is 12.0.